The van der Waals surface area contributed by atoms with Gasteiger partial charge in [-0.25, -0.2) is 0 Å². The molecule has 104 valence electrons. The van der Waals surface area contributed by atoms with Crippen molar-refractivity contribution in [2.24, 2.45) is 0 Å². The van der Waals surface area contributed by atoms with Gasteiger partial charge < -0.3 is 5.32 Å². The Morgan fingerprint density at radius 3 is 2.55 bits per heavy atom. The molecule has 0 heterocycles. The molecule has 1 nitrogen and oxygen atoms in total. The summed E-state index contributed by atoms with van der Waals surface area (Å²) in [6.45, 7) is 0. The summed E-state index contributed by atoms with van der Waals surface area (Å²) in [5.41, 5.74) is 3.00. The van der Waals surface area contributed by atoms with E-state index in [1.807, 2.05) is 11.8 Å². The van der Waals surface area contributed by atoms with Crippen molar-refractivity contribution in [1.82, 2.24) is 5.32 Å². The molecule has 2 atom stereocenters. The van der Waals surface area contributed by atoms with Gasteiger partial charge in [0.05, 0.1) is 0 Å². The minimum absolute atomic E-state index is 0.443. The van der Waals surface area contributed by atoms with Gasteiger partial charge in [-0.3, -0.25) is 0 Å². The van der Waals surface area contributed by atoms with Crippen molar-refractivity contribution in [3.63, 3.8) is 0 Å². The first kappa shape index (κ1) is 13.7. The number of fused-ring (bicyclic) bond motifs is 1. The van der Waals surface area contributed by atoms with Crippen LogP contribution < -0.4 is 5.32 Å². The zero-order valence-corrected chi connectivity index (χ0v) is 12.7. The SMILES string of the molecule is CNC1c2ccccc2CCCC1Sc1ccccc1. The maximum Gasteiger partial charge on any atom is 0.0444 e. The molecule has 0 radical (unpaired) electrons. The lowest BCUT2D eigenvalue weighted by molar-refractivity contribution is 0.548. The van der Waals surface area contributed by atoms with E-state index in [9.17, 15) is 0 Å². The molecule has 2 aromatic carbocycles. The summed E-state index contributed by atoms with van der Waals surface area (Å²) >= 11 is 2.01. The van der Waals surface area contributed by atoms with Crippen LogP contribution in [0.15, 0.2) is 59.5 Å². The van der Waals surface area contributed by atoms with Crippen LogP contribution in [0.5, 0.6) is 0 Å². The van der Waals surface area contributed by atoms with Crippen LogP contribution >= 0.6 is 11.8 Å². The molecule has 0 bridgehead atoms. The molecule has 2 heteroatoms. The van der Waals surface area contributed by atoms with Crippen LogP contribution in [0.3, 0.4) is 0 Å². The number of thioether (sulfide) groups is 1. The van der Waals surface area contributed by atoms with Crippen LogP contribution in [0.2, 0.25) is 0 Å². The molecule has 3 rings (SSSR count). The van der Waals surface area contributed by atoms with Crippen LogP contribution in [0.1, 0.15) is 30.0 Å². The minimum atomic E-state index is 0.443. The number of aryl methyl sites for hydroxylation is 1. The average Bonchev–Trinajstić information content (AvgIpc) is 2.67. The van der Waals surface area contributed by atoms with Gasteiger partial charge in [-0.2, -0.15) is 0 Å². The number of benzene rings is 2. The summed E-state index contributed by atoms with van der Waals surface area (Å²) < 4.78 is 0. The van der Waals surface area contributed by atoms with Gasteiger partial charge in [-0.1, -0.05) is 42.5 Å². The fourth-order valence-corrected chi connectivity index (χ4v) is 4.44. The molecule has 2 unspecified atom stereocenters. The molecule has 0 aromatic heterocycles. The third-order valence-corrected chi connectivity index (χ3v) is 5.39. The predicted octanol–water partition coefficient (Wildman–Crippen LogP) is 4.44. The second kappa shape index (κ2) is 6.47. The molecule has 0 amide bonds. The highest BCUT2D eigenvalue weighted by Crippen LogP contribution is 2.38. The molecule has 20 heavy (non-hydrogen) atoms. The zero-order chi connectivity index (χ0) is 13.8. The van der Waals surface area contributed by atoms with E-state index in [1.54, 1.807) is 0 Å². The normalized spacial score (nSPS) is 22.1. The highest BCUT2D eigenvalue weighted by molar-refractivity contribution is 8.00. The van der Waals surface area contributed by atoms with Gasteiger partial charge in [-0.15, -0.1) is 11.8 Å². The average molecular weight is 283 g/mol. The van der Waals surface area contributed by atoms with Crippen molar-refractivity contribution in [1.29, 1.82) is 0 Å². The number of nitrogens with one attached hydrogen (secondary N) is 1. The molecule has 0 saturated carbocycles. The van der Waals surface area contributed by atoms with Crippen LogP contribution in [0.25, 0.3) is 0 Å². The summed E-state index contributed by atoms with van der Waals surface area (Å²) in [5.74, 6) is 0. The van der Waals surface area contributed by atoms with Gasteiger partial charge in [0.2, 0.25) is 0 Å². The molecule has 0 spiro atoms. The smallest absolute Gasteiger partial charge is 0.0444 e. The predicted molar refractivity (Wildman–Crippen MR) is 87.3 cm³/mol. The first-order chi connectivity index (χ1) is 9.88. The van der Waals surface area contributed by atoms with Crippen molar-refractivity contribution in [3.05, 3.63) is 65.7 Å². The molecule has 1 aliphatic rings. The van der Waals surface area contributed by atoms with Crippen LogP contribution in [-0.4, -0.2) is 12.3 Å². The fourth-order valence-electron chi connectivity index (χ4n) is 3.07. The highest BCUT2D eigenvalue weighted by atomic mass is 32.2. The van der Waals surface area contributed by atoms with E-state index < -0.39 is 0 Å². The van der Waals surface area contributed by atoms with Gasteiger partial charge in [0.15, 0.2) is 0 Å². The van der Waals surface area contributed by atoms with Crippen molar-refractivity contribution >= 4 is 11.8 Å². The lowest BCUT2D eigenvalue weighted by Crippen LogP contribution is -2.26. The molecular formula is C18H21NS. The van der Waals surface area contributed by atoms with Crippen LogP contribution in [0.4, 0.5) is 0 Å². The van der Waals surface area contributed by atoms with E-state index in [0.29, 0.717) is 11.3 Å². The van der Waals surface area contributed by atoms with Gasteiger partial charge in [0, 0.05) is 16.2 Å². The Morgan fingerprint density at radius 2 is 1.75 bits per heavy atom. The van der Waals surface area contributed by atoms with E-state index in [1.165, 1.54) is 35.3 Å². The summed E-state index contributed by atoms with van der Waals surface area (Å²) in [6.07, 6.45) is 3.75. The van der Waals surface area contributed by atoms with Crippen LogP contribution in [-0.2, 0) is 6.42 Å². The van der Waals surface area contributed by atoms with Crippen molar-refractivity contribution in [2.45, 2.75) is 35.4 Å². The second-order valence-corrected chi connectivity index (χ2v) is 6.64. The lowest BCUT2D eigenvalue weighted by atomic mass is 9.99. The lowest BCUT2D eigenvalue weighted by Gasteiger charge is -2.26. The highest BCUT2D eigenvalue weighted by Gasteiger charge is 2.27. The molecular weight excluding hydrogens is 262 g/mol. The Kier molecular flexibility index (Phi) is 4.44. The largest absolute Gasteiger partial charge is 0.312 e. The quantitative estimate of drug-likeness (QED) is 0.836. The molecule has 1 N–H and O–H groups in total. The maximum absolute atomic E-state index is 3.55. The summed E-state index contributed by atoms with van der Waals surface area (Å²) in [5, 5.41) is 4.15. The Hall–Kier alpha value is -1.25. The number of hydrogen-bond acceptors (Lipinski definition) is 2. The third kappa shape index (κ3) is 2.92. The standard InChI is InChI=1S/C18H21NS/c1-19-18-16-12-6-5-8-14(16)9-7-13-17(18)20-15-10-3-2-4-11-15/h2-6,8,10-12,17-19H,7,9,13H2,1H3. The van der Waals surface area contributed by atoms with Gasteiger partial charge in [0.1, 0.15) is 0 Å². The third-order valence-electron chi connectivity index (χ3n) is 4.04. The minimum Gasteiger partial charge on any atom is -0.312 e. The topological polar surface area (TPSA) is 12.0 Å². The van der Waals surface area contributed by atoms with E-state index in [2.05, 4.69) is 67.0 Å². The van der Waals surface area contributed by atoms with E-state index in [0.717, 1.165) is 0 Å². The summed E-state index contributed by atoms with van der Waals surface area (Å²) in [7, 11) is 2.09. The summed E-state index contributed by atoms with van der Waals surface area (Å²) in [4.78, 5) is 1.37. The van der Waals surface area contributed by atoms with Gasteiger partial charge in [0.25, 0.3) is 0 Å². The van der Waals surface area contributed by atoms with Crippen molar-refractivity contribution < 1.29 is 0 Å². The molecule has 2 aromatic rings. The first-order valence-electron chi connectivity index (χ1n) is 7.35. The second-order valence-electron chi connectivity index (χ2n) is 5.33. The van der Waals surface area contributed by atoms with Crippen molar-refractivity contribution in [2.75, 3.05) is 7.05 Å². The molecule has 1 aliphatic carbocycles. The Balaban J connectivity index is 1.88. The Morgan fingerprint density at radius 1 is 1.00 bits per heavy atom. The van der Waals surface area contributed by atoms with E-state index in [-0.39, 0.29) is 0 Å². The Labute approximate surface area is 125 Å². The summed E-state index contributed by atoms with van der Waals surface area (Å²) in [6, 6.07) is 20.1. The van der Waals surface area contributed by atoms with E-state index in [4.69, 9.17) is 0 Å². The van der Waals surface area contributed by atoms with Gasteiger partial charge in [-0.05, 0) is 49.6 Å². The Bertz CT molecular complexity index is 552. The number of rotatable bonds is 3. The van der Waals surface area contributed by atoms with E-state index >= 15 is 0 Å². The maximum atomic E-state index is 3.55. The molecule has 0 aliphatic heterocycles. The number of hydrogen-bond donors (Lipinski definition) is 1. The zero-order valence-electron chi connectivity index (χ0n) is 11.9. The van der Waals surface area contributed by atoms with Gasteiger partial charge >= 0.3 is 0 Å². The monoisotopic (exact) mass is 283 g/mol. The van der Waals surface area contributed by atoms with Crippen LogP contribution in [0, 0.1) is 0 Å². The van der Waals surface area contributed by atoms with Crippen molar-refractivity contribution in [3.8, 4) is 0 Å². The first-order valence-corrected chi connectivity index (χ1v) is 8.23. The fraction of sp³-hybridized carbons (Fsp3) is 0.333. The molecule has 0 fully saturated rings. The molecule has 0 saturated heterocycles.